The molecule has 0 radical (unpaired) electrons. The average Bonchev–Trinajstić information content (AvgIpc) is 3.08. The van der Waals surface area contributed by atoms with Crippen LogP contribution in [0.4, 0.5) is 4.79 Å². The van der Waals surface area contributed by atoms with E-state index < -0.39 is 0 Å². The summed E-state index contributed by atoms with van der Waals surface area (Å²) in [6.45, 7) is 10.5. The first-order chi connectivity index (χ1) is 10.4. The first-order valence-corrected chi connectivity index (χ1v) is 8.03. The number of carbonyl (C=O) groups excluding carboxylic acids is 1. The van der Waals surface area contributed by atoms with Crippen molar-refractivity contribution < 1.29 is 9.32 Å². The van der Waals surface area contributed by atoms with Crippen LogP contribution in [0.5, 0.6) is 0 Å². The Hall–Kier alpha value is -1.63. The summed E-state index contributed by atoms with van der Waals surface area (Å²) < 4.78 is 5.34. The van der Waals surface area contributed by atoms with Gasteiger partial charge in [0.05, 0.1) is 6.54 Å². The Morgan fingerprint density at radius 1 is 1.27 bits per heavy atom. The SMILES string of the molecule is CC(C)(C)c1nc(CN2CCC(N3CCNC3=O)CC2)no1. The lowest BCUT2D eigenvalue weighted by atomic mass is 9.97. The molecule has 1 aromatic rings. The van der Waals surface area contributed by atoms with Gasteiger partial charge in [-0.2, -0.15) is 4.98 Å². The summed E-state index contributed by atoms with van der Waals surface area (Å²) in [6, 6.07) is 0.459. The average molecular weight is 307 g/mol. The lowest BCUT2D eigenvalue weighted by Crippen LogP contribution is -2.45. The topological polar surface area (TPSA) is 74.5 Å². The number of rotatable bonds is 3. The Bertz CT molecular complexity index is 528. The monoisotopic (exact) mass is 307 g/mol. The lowest BCUT2D eigenvalue weighted by molar-refractivity contribution is 0.130. The second-order valence-corrected chi connectivity index (χ2v) is 7.20. The smallest absolute Gasteiger partial charge is 0.317 e. The normalized spacial score (nSPS) is 21.4. The summed E-state index contributed by atoms with van der Waals surface area (Å²) in [5.74, 6) is 1.44. The first kappa shape index (κ1) is 15.3. The van der Waals surface area contributed by atoms with Crippen LogP contribution >= 0.6 is 0 Å². The molecule has 7 heteroatoms. The molecule has 0 spiro atoms. The molecule has 0 saturated carbocycles. The summed E-state index contributed by atoms with van der Waals surface area (Å²) in [5.41, 5.74) is -0.110. The first-order valence-electron chi connectivity index (χ1n) is 8.03. The molecule has 7 nitrogen and oxygen atoms in total. The molecular formula is C15H25N5O2. The zero-order chi connectivity index (χ0) is 15.7. The Morgan fingerprint density at radius 3 is 2.55 bits per heavy atom. The highest BCUT2D eigenvalue weighted by Crippen LogP contribution is 2.22. The van der Waals surface area contributed by atoms with E-state index in [9.17, 15) is 4.79 Å². The number of likely N-dealkylation sites (tertiary alicyclic amines) is 1. The number of amides is 2. The zero-order valence-corrected chi connectivity index (χ0v) is 13.6. The van der Waals surface area contributed by atoms with Crippen LogP contribution in [0.15, 0.2) is 4.52 Å². The van der Waals surface area contributed by atoms with Gasteiger partial charge in [0.2, 0.25) is 5.89 Å². The van der Waals surface area contributed by atoms with Crippen molar-refractivity contribution in [2.75, 3.05) is 26.2 Å². The minimum absolute atomic E-state index is 0.0893. The maximum absolute atomic E-state index is 11.7. The fourth-order valence-electron chi connectivity index (χ4n) is 3.05. The molecule has 2 saturated heterocycles. The van der Waals surface area contributed by atoms with E-state index in [0.29, 0.717) is 11.9 Å². The Balaban J connectivity index is 1.51. The molecule has 1 aromatic heterocycles. The molecule has 2 aliphatic rings. The predicted molar refractivity (Wildman–Crippen MR) is 81.4 cm³/mol. The van der Waals surface area contributed by atoms with Crippen LogP contribution < -0.4 is 5.32 Å². The van der Waals surface area contributed by atoms with Gasteiger partial charge < -0.3 is 14.7 Å². The zero-order valence-electron chi connectivity index (χ0n) is 13.6. The van der Waals surface area contributed by atoms with Crippen molar-refractivity contribution in [2.24, 2.45) is 0 Å². The van der Waals surface area contributed by atoms with Crippen molar-refractivity contribution in [3.63, 3.8) is 0 Å². The predicted octanol–water partition coefficient (Wildman–Crippen LogP) is 1.36. The van der Waals surface area contributed by atoms with Crippen LogP contribution in [0.25, 0.3) is 0 Å². The molecule has 22 heavy (non-hydrogen) atoms. The van der Waals surface area contributed by atoms with Crippen molar-refractivity contribution in [2.45, 2.75) is 51.6 Å². The number of hydrogen-bond donors (Lipinski definition) is 1. The summed E-state index contributed by atoms with van der Waals surface area (Å²) >= 11 is 0. The van der Waals surface area contributed by atoms with E-state index in [2.05, 4.69) is 41.1 Å². The van der Waals surface area contributed by atoms with Gasteiger partial charge in [-0.15, -0.1) is 0 Å². The fourth-order valence-corrected chi connectivity index (χ4v) is 3.05. The largest absolute Gasteiger partial charge is 0.339 e. The second-order valence-electron chi connectivity index (χ2n) is 7.20. The summed E-state index contributed by atoms with van der Waals surface area (Å²) in [7, 11) is 0. The van der Waals surface area contributed by atoms with Gasteiger partial charge in [-0.25, -0.2) is 4.79 Å². The number of nitrogens with one attached hydrogen (secondary N) is 1. The molecule has 2 aliphatic heterocycles. The van der Waals surface area contributed by atoms with E-state index in [1.165, 1.54) is 0 Å². The fraction of sp³-hybridized carbons (Fsp3) is 0.800. The molecule has 0 bridgehead atoms. The molecule has 0 unspecified atom stereocenters. The van der Waals surface area contributed by atoms with Crippen LogP contribution in [0.2, 0.25) is 0 Å². The van der Waals surface area contributed by atoms with Crippen LogP contribution in [0.1, 0.15) is 45.3 Å². The highest BCUT2D eigenvalue weighted by atomic mass is 16.5. The molecular weight excluding hydrogens is 282 g/mol. The van der Waals surface area contributed by atoms with Crippen molar-refractivity contribution in [1.82, 2.24) is 25.3 Å². The summed E-state index contributed by atoms with van der Waals surface area (Å²) in [5, 5.41) is 6.96. The minimum Gasteiger partial charge on any atom is -0.339 e. The van der Waals surface area contributed by atoms with Crippen LogP contribution in [0.3, 0.4) is 0 Å². The van der Waals surface area contributed by atoms with E-state index >= 15 is 0 Å². The van der Waals surface area contributed by atoms with Crippen molar-refractivity contribution in [3.8, 4) is 0 Å². The van der Waals surface area contributed by atoms with Crippen LogP contribution in [-0.4, -0.2) is 58.2 Å². The number of carbonyl (C=O) groups is 1. The van der Waals surface area contributed by atoms with E-state index in [-0.39, 0.29) is 11.4 Å². The number of nitrogens with zero attached hydrogens (tertiary/aromatic N) is 4. The van der Waals surface area contributed by atoms with Gasteiger partial charge in [-0.05, 0) is 12.8 Å². The summed E-state index contributed by atoms with van der Waals surface area (Å²) in [6.07, 6.45) is 2.02. The van der Waals surface area contributed by atoms with Gasteiger partial charge in [0, 0.05) is 37.6 Å². The van der Waals surface area contributed by atoms with Crippen molar-refractivity contribution in [1.29, 1.82) is 0 Å². The van der Waals surface area contributed by atoms with Gasteiger partial charge in [0.1, 0.15) is 0 Å². The summed E-state index contributed by atoms with van der Waals surface area (Å²) in [4.78, 5) is 20.5. The molecule has 3 heterocycles. The Kier molecular flexibility index (Phi) is 4.08. The van der Waals surface area contributed by atoms with Gasteiger partial charge in [-0.1, -0.05) is 25.9 Å². The second kappa shape index (κ2) is 5.87. The van der Waals surface area contributed by atoms with E-state index in [0.717, 1.165) is 51.4 Å². The Morgan fingerprint density at radius 2 is 2.00 bits per heavy atom. The highest BCUT2D eigenvalue weighted by molar-refractivity contribution is 5.76. The number of aromatic nitrogens is 2. The van der Waals surface area contributed by atoms with E-state index in [4.69, 9.17) is 4.52 Å². The lowest BCUT2D eigenvalue weighted by Gasteiger charge is -2.35. The Labute approximate surface area is 131 Å². The third-order valence-electron chi connectivity index (χ3n) is 4.36. The van der Waals surface area contributed by atoms with E-state index in [1.54, 1.807) is 0 Å². The molecule has 2 fully saturated rings. The van der Waals surface area contributed by atoms with Crippen LogP contribution in [0, 0.1) is 0 Å². The molecule has 0 aliphatic carbocycles. The maximum atomic E-state index is 11.7. The molecule has 122 valence electrons. The van der Waals surface area contributed by atoms with Gasteiger partial charge in [0.15, 0.2) is 5.82 Å². The maximum Gasteiger partial charge on any atom is 0.317 e. The molecule has 2 amide bonds. The quantitative estimate of drug-likeness (QED) is 0.912. The van der Waals surface area contributed by atoms with Gasteiger partial charge in [-0.3, -0.25) is 4.90 Å². The standard InChI is InChI=1S/C15H25N5O2/c1-15(2,3)13-17-12(18-22-13)10-19-7-4-11(5-8-19)20-9-6-16-14(20)21/h11H,4-10H2,1-3H3,(H,16,21). The molecule has 0 atom stereocenters. The van der Waals surface area contributed by atoms with Gasteiger partial charge >= 0.3 is 6.03 Å². The van der Waals surface area contributed by atoms with Gasteiger partial charge in [0.25, 0.3) is 0 Å². The van der Waals surface area contributed by atoms with Crippen LogP contribution in [-0.2, 0) is 12.0 Å². The minimum atomic E-state index is -0.110. The third-order valence-corrected chi connectivity index (χ3v) is 4.36. The number of piperidine rings is 1. The molecule has 3 rings (SSSR count). The third kappa shape index (κ3) is 3.24. The number of urea groups is 1. The molecule has 0 aromatic carbocycles. The van der Waals surface area contributed by atoms with E-state index in [1.807, 2.05) is 4.90 Å². The molecule has 1 N–H and O–H groups in total. The number of hydrogen-bond acceptors (Lipinski definition) is 5. The highest BCUT2D eigenvalue weighted by Gasteiger charge is 2.31. The van der Waals surface area contributed by atoms with Crippen molar-refractivity contribution >= 4 is 6.03 Å². The van der Waals surface area contributed by atoms with Crippen molar-refractivity contribution in [3.05, 3.63) is 11.7 Å².